The van der Waals surface area contributed by atoms with Crippen molar-refractivity contribution in [3.05, 3.63) is 29.3 Å². The molecule has 0 radical (unpaired) electrons. The molecule has 0 bridgehead atoms. The normalized spacial score (nSPS) is 27.6. The minimum atomic E-state index is -0.771. The molecule has 2 aliphatic rings. The van der Waals surface area contributed by atoms with Crippen LogP contribution in [0.25, 0.3) is 22.3 Å². The Morgan fingerprint density at radius 2 is 1.46 bits per heavy atom. The van der Waals surface area contributed by atoms with Gasteiger partial charge >= 0.3 is 0 Å². The van der Waals surface area contributed by atoms with Gasteiger partial charge in [-0.3, -0.25) is 18.9 Å². The highest BCUT2D eigenvalue weighted by Gasteiger charge is 2.36. The summed E-state index contributed by atoms with van der Waals surface area (Å²) in [6.45, 7) is -0.498. The number of nitrogens with two attached hydrogens (primary N) is 2. The van der Waals surface area contributed by atoms with E-state index in [0.717, 1.165) is 0 Å². The van der Waals surface area contributed by atoms with Crippen LogP contribution in [0.4, 0.5) is 11.8 Å². The van der Waals surface area contributed by atoms with Gasteiger partial charge in [0.15, 0.2) is 22.6 Å². The molecule has 198 valence electrons. The van der Waals surface area contributed by atoms with Crippen LogP contribution in [0.3, 0.4) is 0 Å². The number of hydrogen-bond donors (Lipinski definition) is 7. The smallest absolute Gasteiger partial charge is 0.280 e. The van der Waals surface area contributed by atoms with Gasteiger partial charge in [0, 0.05) is 12.8 Å². The van der Waals surface area contributed by atoms with E-state index in [1.807, 2.05) is 0 Å². The van der Waals surface area contributed by atoms with Gasteiger partial charge in [0.05, 0.1) is 38.1 Å². The summed E-state index contributed by atoms with van der Waals surface area (Å²) in [5.74, 6) is 0.285. The second-order valence-corrected chi connectivity index (χ2v) is 8.59. The number of fused-ring (bicyclic) bond motifs is 2. The minimum Gasteiger partial charge on any atom is -0.394 e. The summed E-state index contributed by atoms with van der Waals surface area (Å²) in [4.78, 5) is 34.0. The van der Waals surface area contributed by atoms with Crippen molar-refractivity contribution in [2.24, 2.45) is 0 Å². The summed E-state index contributed by atoms with van der Waals surface area (Å²) in [5.41, 5.74) is 12.3. The van der Waals surface area contributed by atoms with Gasteiger partial charge in [0.1, 0.15) is 36.5 Å². The molecule has 0 spiro atoms. The van der Waals surface area contributed by atoms with Crippen LogP contribution in [0.15, 0.2) is 23.8 Å². The zero-order valence-electron chi connectivity index (χ0n) is 19.3. The van der Waals surface area contributed by atoms with Crippen LogP contribution in [0.5, 0.6) is 0 Å². The zero-order valence-corrected chi connectivity index (χ0v) is 19.3. The van der Waals surface area contributed by atoms with Crippen molar-refractivity contribution in [2.75, 3.05) is 24.7 Å². The molecule has 9 N–H and O–H groups in total. The van der Waals surface area contributed by atoms with Crippen molar-refractivity contribution in [1.82, 2.24) is 39.0 Å². The SMILES string of the molecule is Nc1nc2c(ncn2[C@H]2C[C@H](O)[C@@H](CO)O2)c(=O)[nH]1.Nc1ncnc2c1ncn2[C@H]1C[C@H](O)[C@@H](CO)O1. The number of nitrogens with zero attached hydrogens (tertiary/aromatic N) is 7. The molecule has 0 aliphatic carbocycles. The molecule has 2 aliphatic heterocycles. The molecule has 2 fully saturated rings. The van der Waals surface area contributed by atoms with Crippen LogP contribution in [0.2, 0.25) is 0 Å². The summed E-state index contributed by atoms with van der Waals surface area (Å²) in [7, 11) is 0. The summed E-state index contributed by atoms with van der Waals surface area (Å²) in [6.07, 6.45) is 1.33. The van der Waals surface area contributed by atoms with Crippen LogP contribution < -0.4 is 17.0 Å². The van der Waals surface area contributed by atoms with E-state index in [1.54, 1.807) is 10.9 Å². The molecule has 0 aromatic carbocycles. The highest BCUT2D eigenvalue weighted by molar-refractivity contribution is 5.81. The van der Waals surface area contributed by atoms with Gasteiger partial charge in [-0.05, 0) is 0 Å². The number of ether oxygens (including phenoxy) is 2. The summed E-state index contributed by atoms with van der Waals surface area (Å²) in [6, 6.07) is 0. The number of nitrogen functional groups attached to an aromatic ring is 2. The Bertz CT molecular complexity index is 1450. The van der Waals surface area contributed by atoms with Crippen LogP contribution >= 0.6 is 0 Å². The van der Waals surface area contributed by atoms with Gasteiger partial charge in [-0.15, -0.1) is 0 Å². The highest BCUT2D eigenvalue weighted by atomic mass is 16.5. The van der Waals surface area contributed by atoms with Gasteiger partial charge in [-0.1, -0.05) is 0 Å². The van der Waals surface area contributed by atoms with E-state index in [0.29, 0.717) is 23.4 Å². The van der Waals surface area contributed by atoms with Gasteiger partial charge in [-0.25, -0.2) is 19.9 Å². The van der Waals surface area contributed by atoms with E-state index in [9.17, 15) is 15.0 Å². The fourth-order valence-corrected chi connectivity index (χ4v) is 4.34. The number of aromatic nitrogens is 8. The molecular formula is C20H26N10O7. The van der Waals surface area contributed by atoms with Crippen molar-refractivity contribution in [2.45, 2.75) is 49.7 Å². The van der Waals surface area contributed by atoms with E-state index in [2.05, 4.69) is 29.9 Å². The van der Waals surface area contributed by atoms with Gasteiger partial charge in [-0.2, -0.15) is 4.98 Å². The lowest BCUT2D eigenvalue weighted by atomic mass is 10.2. The average Bonchev–Trinajstić information content (AvgIpc) is 3.64. The molecule has 4 aromatic rings. The number of aromatic amines is 1. The third-order valence-electron chi connectivity index (χ3n) is 6.23. The molecule has 0 saturated carbocycles. The zero-order chi connectivity index (χ0) is 26.3. The highest BCUT2D eigenvalue weighted by Crippen LogP contribution is 2.31. The second-order valence-electron chi connectivity index (χ2n) is 8.59. The van der Waals surface area contributed by atoms with E-state index in [-0.39, 0.29) is 36.7 Å². The van der Waals surface area contributed by atoms with E-state index in [4.69, 9.17) is 31.2 Å². The van der Waals surface area contributed by atoms with Gasteiger partial charge in [0.2, 0.25) is 5.95 Å². The fourth-order valence-electron chi connectivity index (χ4n) is 4.34. The number of aliphatic hydroxyl groups excluding tert-OH is 4. The predicted octanol–water partition coefficient (Wildman–Crippen LogP) is -2.61. The first kappa shape index (κ1) is 24.9. The first-order valence-corrected chi connectivity index (χ1v) is 11.3. The Labute approximate surface area is 207 Å². The van der Waals surface area contributed by atoms with Crippen LogP contribution in [0.1, 0.15) is 25.3 Å². The molecule has 2 saturated heterocycles. The first-order chi connectivity index (χ1) is 17.8. The molecular weight excluding hydrogens is 492 g/mol. The molecule has 0 amide bonds. The second kappa shape index (κ2) is 9.96. The van der Waals surface area contributed by atoms with Crippen LogP contribution in [-0.2, 0) is 9.47 Å². The van der Waals surface area contributed by atoms with Gasteiger partial charge < -0.3 is 41.4 Å². The summed E-state index contributed by atoms with van der Waals surface area (Å²) in [5, 5.41) is 37.5. The lowest BCUT2D eigenvalue weighted by molar-refractivity contribution is -0.0432. The number of aliphatic hydroxyl groups is 4. The van der Waals surface area contributed by atoms with Crippen LogP contribution in [-0.4, -0.2) is 97.1 Å². The molecule has 17 heteroatoms. The summed E-state index contributed by atoms with van der Waals surface area (Å²) >= 11 is 0. The van der Waals surface area contributed by atoms with E-state index in [1.165, 1.54) is 17.2 Å². The number of hydrogen-bond acceptors (Lipinski definition) is 14. The molecule has 6 heterocycles. The molecule has 6 atom stereocenters. The van der Waals surface area contributed by atoms with Crippen molar-refractivity contribution in [3.63, 3.8) is 0 Å². The maximum atomic E-state index is 11.6. The lowest BCUT2D eigenvalue weighted by Gasteiger charge is -2.13. The Balaban J connectivity index is 0.000000152. The topological polar surface area (TPSA) is 259 Å². The lowest BCUT2D eigenvalue weighted by Crippen LogP contribution is -2.24. The number of nitrogens with one attached hydrogen (secondary N) is 1. The molecule has 6 rings (SSSR count). The molecule has 0 unspecified atom stereocenters. The largest absolute Gasteiger partial charge is 0.394 e. The Hall–Kier alpha value is -3.74. The maximum absolute atomic E-state index is 11.6. The predicted molar refractivity (Wildman–Crippen MR) is 126 cm³/mol. The van der Waals surface area contributed by atoms with Crippen molar-refractivity contribution < 1.29 is 29.9 Å². The van der Waals surface area contributed by atoms with Crippen molar-refractivity contribution in [1.29, 1.82) is 0 Å². The summed E-state index contributed by atoms with van der Waals surface area (Å²) < 4.78 is 14.2. The third-order valence-corrected chi connectivity index (χ3v) is 6.23. The molecule has 4 aromatic heterocycles. The van der Waals surface area contributed by atoms with Crippen molar-refractivity contribution >= 4 is 34.1 Å². The third kappa shape index (κ3) is 4.59. The quantitative estimate of drug-likeness (QED) is 0.146. The fraction of sp³-hybridized carbons (Fsp3) is 0.500. The maximum Gasteiger partial charge on any atom is 0.280 e. The number of rotatable bonds is 4. The number of imidazole rings is 2. The number of H-pyrrole nitrogens is 1. The standard InChI is InChI=1S/C10H13N5O4.C10H13N5O3/c11-10-13-8-7(9(18)14-10)12-3-15(8)6-1-4(17)5(2-16)19-6;11-9-8-10(13-3-12-9)15(4-14-8)7-1-5(17)6(2-16)18-7/h3-6,16-17H,1-2H2,(H3,11,13,14,18);3-7,16-17H,1-2H2,(H2,11,12,13)/t4-,5+,6+;5-,6+,7+/m00/s1. The average molecular weight is 518 g/mol. The Kier molecular flexibility index (Phi) is 6.71. The number of anilines is 2. The van der Waals surface area contributed by atoms with Crippen LogP contribution in [0, 0.1) is 0 Å². The van der Waals surface area contributed by atoms with Gasteiger partial charge in [0.25, 0.3) is 5.56 Å². The monoisotopic (exact) mass is 518 g/mol. The molecule has 37 heavy (non-hydrogen) atoms. The molecule has 17 nitrogen and oxygen atoms in total. The minimum absolute atomic E-state index is 0.0171. The Morgan fingerprint density at radius 1 is 0.892 bits per heavy atom. The van der Waals surface area contributed by atoms with Crippen molar-refractivity contribution in [3.8, 4) is 0 Å². The van der Waals surface area contributed by atoms with E-state index < -0.39 is 42.4 Å². The Morgan fingerprint density at radius 3 is 2.03 bits per heavy atom. The first-order valence-electron chi connectivity index (χ1n) is 11.3. The van der Waals surface area contributed by atoms with E-state index >= 15 is 0 Å².